The molecule has 3 N–H and O–H groups in total. The van der Waals surface area contributed by atoms with Crippen molar-refractivity contribution in [3.05, 3.63) is 22.8 Å². The first-order valence-corrected chi connectivity index (χ1v) is 8.79. The number of nitrogens with two attached hydrogens (primary N) is 1. The van der Waals surface area contributed by atoms with Crippen LogP contribution in [0.4, 0.5) is 19.0 Å². The van der Waals surface area contributed by atoms with E-state index in [-0.39, 0.29) is 28.9 Å². The quantitative estimate of drug-likeness (QED) is 0.818. The van der Waals surface area contributed by atoms with Gasteiger partial charge in [-0.05, 0) is 25.3 Å². The number of hydrogen-bond donors (Lipinski definition) is 2. The summed E-state index contributed by atoms with van der Waals surface area (Å²) in [4.78, 5) is 17.9. The molecule has 0 saturated carbocycles. The lowest BCUT2D eigenvalue weighted by Crippen LogP contribution is -2.43. The summed E-state index contributed by atoms with van der Waals surface area (Å²) in [5.74, 6) is 0.107. The second-order valence-corrected chi connectivity index (χ2v) is 6.93. The van der Waals surface area contributed by atoms with E-state index < -0.39 is 17.8 Å². The first-order valence-electron chi connectivity index (χ1n) is 8.41. The number of nitrogens with one attached hydrogen (secondary N) is 1. The highest BCUT2D eigenvalue weighted by atomic mass is 35.5. The standard InChI is InChI=1S/C16H20ClF3N4O2/c17-12-5-9(16(18,19)20)7-22-14(12)24-4-3-10(8-24)23-15(25)13-2-1-11(6-21)26-13/h5,7,10-11,13H,1-4,6,8,21H2,(H,23,25)/t10?,11-,13+/m1/s1. The van der Waals surface area contributed by atoms with Crippen LogP contribution in [0.1, 0.15) is 24.8 Å². The molecule has 26 heavy (non-hydrogen) atoms. The Hall–Kier alpha value is -1.58. The van der Waals surface area contributed by atoms with E-state index in [1.54, 1.807) is 4.90 Å². The molecule has 2 saturated heterocycles. The zero-order valence-corrected chi connectivity index (χ0v) is 14.7. The molecule has 6 nitrogen and oxygen atoms in total. The zero-order valence-electron chi connectivity index (χ0n) is 13.9. The minimum Gasteiger partial charge on any atom is -0.364 e. The van der Waals surface area contributed by atoms with Crippen LogP contribution in [0.3, 0.4) is 0 Å². The minimum atomic E-state index is -4.49. The second-order valence-electron chi connectivity index (χ2n) is 6.53. The molecule has 144 valence electrons. The molecule has 10 heteroatoms. The Balaban J connectivity index is 1.58. The number of alkyl halides is 3. The Morgan fingerprint density at radius 2 is 2.19 bits per heavy atom. The highest BCUT2D eigenvalue weighted by Crippen LogP contribution is 2.34. The lowest BCUT2D eigenvalue weighted by Gasteiger charge is -2.20. The molecule has 1 aromatic heterocycles. The number of ether oxygens (including phenoxy) is 1. The fourth-order valence-electron chi connectivity index (χ4n) is 3.25. The van der Waals surface area contributed by atoms with Crippen LogP contribution in [0, 0.1) is 0 Å². The average Bonchev–Trinajstić information content (AvgIpc) is 3.23. The lowest BCUT2D eigenvalue weighted by molar-refractivity contribution is -0.137. The maximum Gasteiger partial charge on any atom is 0.417 e. The summed E-state index contributed by atoms with van der Waals surface area (Å²) < 4.78 is 43.7. The molecule has 0 radical (unpaired) electrons. The van der Waals surface area contributed by atoms with Crippen LogP contribution in [0.5, 0.6) is 0 Å². The summed E-state index contributed by atoms with van der Waals surface area (Å²) in [6.07, 6.45) is -2.25. The predicted octanol–water partition coefficient (Wildman–Crippen LogP) is 1.95. The molecule has 3 rings (SSSR count). The minimum absolute atomic E-state index is 0.0586. The molecule has 1 unspecified atom stereocenters. The van der Waals surface area contributed by atoms with Crippen LogP contribution >= 0.6 is 11.6 Å². The fourth-order valence-corrected chi connectivity index (χ4v) is 3.54. The van der Waals surface area contributed by atoms with Gasteiger partial charge in [0.25, 0.3) is 0 Å². The van der Waals surface area contributed by atoms with Crippen molar-refractivity contribution >= 4 is 23.3 Å². The number of nitrogens with zero attached hydrogens (tertiary/aromatic N) is 2. The number of hydrogen-bond acceptors (Lipinski definition) is 5. The third-order valence-electron chi connectivity index (χ3n) is 4.65. The Bertz CT molecular complexity index is 673. The first kappa shape index (κ1) is 19.2. The van der Waals surface area contributed by atoms with E-state index in [0.717, 1.165) is 18.7 Å². The normalized spacial score (nSPS) is 26.3. The van der Waals surface area contributed by atoms with Crippen molar-refractivity contribution in [3.8, 4) is 0 Å². The Morgan fingerprint density at radius 3 is 2.81 bits per heavy atom. The van der Waals surface area contributed by atoms with Crippen LogP contribution in [-0.2, 0) is 15.7 Å². The molecule has 1 amide bonds. The van der Waals surface area contributed by atoms with E-state index >= 15 is 0 Å². The topological polar surface area (TPSA) is 80.5 Å². The number of halogens is 4. The number of aromatic nitrogens is 1. The van der Waals surface area contributed by atoms with Crippen LogP contribution in [0.15, 0.2) is 12.3 Å². The molecule has 2 aliphatic heterocycles. The van der Waals surface area contributed by atoms with Gasteiger partial charge in [0.05, 0.1) is 16.7 Å². The first-order chi connectivity index (χ1) is 12.3. The summed E-state index contributed by atoms with van der Waals surface area (Å²) >= 11 is 5.98. The summed E-state index contributed by atoms with van der Waals surface area (Å²) in [7, 11) is 0. The SMILES string of the molecule is NC[C@H]1CC[C@@H](C(=O)NC2CCN(c3ncc(C(F)(F)F)cc3Cl)C2)O1. The average molecular weight is 393 g/mol. The van der Waals surface area contributed by atoms with Gasteiger partial charge in [-0.25, -0.2) is 4.98 Å². The van der Waals surface area contributed by atoms with Gasteiger partial charge in [0.2, 0.25) is 5.91 Å². The van der Waals surface area contributed by atoms with Crippen LogP contribution < -0.4 is 16.0 Å². The Morgan fingerprint density at radius 1 is 1.42 bits per heavy atom. The van der Waals surface area contributed by atoms with Crippen molar-refractivity contribution < 1.29 is 22.7 Å². The van der Waals surface area contributed by atoms with Crippen molar-refractivity contribution in [3.63, 3.8) is 0 Å². The third-order valence-corrected chi connectivity index (χ3v) is 4.92. The van der Waals surface area contributed by atoms with E-state index in [1.165, 1.54) is 0 Å². The van der Waals surface area contributed by atoms with E-state index in [4.69, 9.17) is 22.1 Å². The molecule has 0 spiro atoms. The zero-order chi connectivity index (χ0) is 18.9. The molecule has 0 bridgehead atoms. The predicted molar refractivity (Wildman–Crippen MR) is 90.0 cm³/mol. The van der Waals surface area contributed by atoms with Crippen molar-refractivity contribution in [1.29, 1.82) is 0 Å². The number of anilines is 1. The van der Waals surface area contributed by atoms with Crippen molar-refractivity contribution in [2.24, 2.45) is 5.73 Å². The maximum absolute atomic E-state index is 12.7. The Labute approximate surface area is 153 Å². The molecule has 0 aliphatic carbocycles. The highest BCUT2D eigenvalue weighted by molar-refractivity contribution is 6.33. The van der Waals surface area contributed by atoms with Crippen molar-refractivity contribution in [2.45, 2.75) is 43.7 Å². The van der Waals surface area contributed by atoms with Gasteiger partial charge in [0.15, 0.2) is 0 Å². The molecule has 0 aromatic carbocycles. The van der Waals surface area contributed by atoms with E-state index in [2.05, 4.69) is 10.3 Å². The highest BCUT2D eigenvalue weighted by Gasteiger charge is 2.35. The molecule has 2 aliphatic rings. The fraction of sp³-hybridized carbons (Fsp3) is 0.625. The van der Waals surface area contributed by atoms with Gasteiger partial charge in [-0.15, -0.1) is 0 Å². The summed E-state index contributed by atoms with van der Waals surface area (Å²) in [5.41, 5.74) is 4.65. The lowest BCUT2D eigenvalue weighted by atomic mass is 10.1. The Kier molecular flexibility index (Phi) is 5.59. The summed E-state index contributed by atoms with van der Waals surface area (Å²) in [5, 5.41) is 2.86. The third kappa shape index (κ3) is 4.21. The number of carbonyl (C=O) groups excluding carboxylic acids is 1. The van der Waals surface area contributed by atoms with Gasteiger partial charge < -0.3 is 20.7 Å². The second kappa shape index (κ2) is 7.58. The van der Waals surface area contributed by atoms with Gasteiger partial charge in [0, 0.05) is 31.9 Å². The van der Waals surface area contributed by atoms with Crippen molar-refractivity contribution in [2.75, 3.05) is 24.5 Å². The molecular formula is C16H20ClF3N4O2. The molecule has 3 atom stereocenters. The number of rotatable bonds is 4. The van der Waals surface area contributed by atoms with Crippen molar-refractivity contribution in [1.82, 2.24) is 10.3 Å². The maximum atomic E-state index is 12.7. The number of pyridine rings is 1. The van der Waals surface area contributed by atoms with Crippen LogP contribution in [0.25, 0.3) is 0 Å². The largest absolute Gasteiger partial charge is 0.417 e. The number of carbonyl (C=O) groups is 1. The van der Waals surface area contributed by atoms with Crippen LogP contribution in [0.2, 0.25) is 5.02 Å². The van der Waals surface area contributed by atoms with Gasteiger partial charge in [-0.1, -0.05) is 11.6 Å². The molecule has 1 aromatic rings. The van der Waals surface area contributed by atoms with E-state index in [1.807, 2.05) is 0 Å². The van der Waals surface area contributed by atoms with Gasteiger partial charge in [-0.2, -0.15) is 13.2 Å². The smallest absolute Gasteiger partial charge is 0.364 e. The van der Waals surface area contributed by atoms with Gasteiger partial charge in [0.1, 0.15) is 11.9 Å². The van der Waals surface area contributed by atoms with Gasteiger partial charge in [-0.3, -0.25) is 4.79 Å². The van der Waals surface area contributed by atoms with Gasteiger partial charge >= 0.3 is 6.18 Å². The van der Waals surface area contributed by atoms with Crippen LogP contribution in [-0.4, -0.2) is 48.8 Å². The monoisotopic (exact) mass is 392 g/mol. The summed E-state index contributed by atoms with van der Waals surface area (Å²) in [6.45, 7) is 1.36. The molecule has 2 fully saturated rings. The number of amides is 1. The summed E-state index contributed by atoms with van der Waals surface area (Å²) in [6, 6.07) is 0.734. The molecule has 3 heterocycles. The molecular weight excluding hydrogens is 373 g/mol. The van der Waals surface area contributed by atoms with E-state index in [0.29, 0.717) is 32.5 Å². The van der Waals surface area contributed by atoms with E-state index in [9.17, 15) is 18.0 Å².